The molecule has 0 saturated heterocycles. The van der Waals surface area contributed by atoms with Gasteiger partial charge in [-0.15, -0.1) is 0 Å². The van der Waals surface area contributed by atoms with Crippen LogP contribution in [-0.4, -0.2) is 17.3 Å². The van der Waals surface area contributed by atoms with Crippen LogP contribution in [0.15, 0.2) is 0 Å². The van der Waals surface area contributed by atoms with Crippen molar-refractivity contribution in [3.05, 3.63) is 0 Å². The topological polar surface area (TPSA) is 29.1 Å². The van der Waals surface area contributed by atoms with Crippen molar-refractivity contribution in [1.29, 1.82) is 0 Å². The minimum atomic E-state index is 0.208. The zero-order valence-electron chi connectivity index (χ0n) is 11.1. The van der Waals surface area contributed by atoms with Gasteiger partial charge in [-0.2, -0.15) is 0 Å². The Kier molecular flexibility index (Phi) is 9.00. The van der Waals surface area contributed by atoms with Crippen LogP contribution in [0.5, 0.6) is 0 Å². The van der Waals surface area contributed by atoms with Gasteiger partial charge in [0.2, 0.25) is 5.91 Å². The van der Waals surface area contributed by atoms with E-state index in [1.165, 1.54) is 0 Å². The Morgan fingerprint density at radius 1 is 1.19 bits per heavy atom. The van der Waals surface area contributed by atoms with Gasteiger partial charge >= 0.3 is 0 Å². The molecule has 0 spiro atoms. The van der Waals surface area contributed by atoms with Gasteiger partial charge in [0.05, 0.1) is 0 Å². The van der Waals surface area contributed by atoms with Gasteiger partial charge in [0.1, 0.15) is 0 Å². The Bertz CT molecular complexity index is 190. The zero-order valence-corrected chi connectivity index (χ0v) is 12.6. The highest BCUT2D eigenvalue weighted by molar-refractivity contribution is 9.09. The molecule has 16 heavy (non-hydrogen) atoms. The van der Waals surface area contributed by atoms with Crippen molar-refractivity contribution in [3.63, 3.8) is 0 Å². The molecule has 2 unspecified atom stereocenters. The van der Waals surface area contributed by atoms with Crippen LogP contribution < -0.4 is 5.32 Å². The molecule has 0 aliphatic rings. The molecule has 0 aliphatic heterocycles. The van der Waals surface area contributed by atoms with E-state index in [0.29, 0.717) is 5.92 Å². The quantitative estimate of drug-likeness (QED) is 0.678. The fourth-order valence-corrected chi connectivity index (χ4v) is 2.28. The molecule has 0 rings (SSSR count). The first kappa shape index (κ1) is 16.0. The van der Waals surface area contributed by atoms with E-state index in [4.69, 9.17) is 0 Å². The first-order valence-electron chi connectivity index (χ1n) is 6.43. The monoisotopic (exact) mass is 291 g/mol. The number of hydrogen-bond acceptors (Lipinski definition) is 1. The normalized spacial score (nSPS) is 14.9. The fourth-order valence-electron chi connectivity index (χ4n) is 1.72. The summed E-state index contributed by atoms with van der Waals surface area (Å²) in [7, 11) is 0. The van der Waals surface area contributed by atoms with Crippen molar-refractivity contribution >= 4 is 21.8 Å². The minimum Gasteiger partial charge on any atom is -0.353 e. The summed E-state index contributed by atoms with van der Waals surface area (Å²) in [6.45, 7) is 8.51. The number of rotatable bonds is 8. The summed E-state index contributed by atoms with van der Waals surface area (Å²) < 4.78 is 0. The molecule has 2 atom stereocenters. The molecule has 0 aromatic rings. The third-order valence-electron chi connectivity index (χ3n) is 3.11. The molecular formula is C13H26BrNO. The summed E-state index contributed by atoms with van der Waals surface area (Å²) in [6.07, 6.45) is 4.19. The second kappa shape index (κ2) is 9.03. The van der Waals surface area contributed by atoms with E-state index in [0.717, 1.165) is 31.0 Å². The summed E-state index contributed by atoms with van der Waals surface area (Å²) in [4.78, 5) is 12.0. The lowest BCUT2D eigenvalue weighted by molar-refractivity contribution is -0.126. The van der Waals surface area contributed by atoms with Crippen molar-refractivity contribution in [2.24, 2.45) is 11.8 Å². The van der Waals surface area contributed by atoms with Gasteiger partial charge in [-0.05, 0) is 25.7 Å². The molecule has 0 saturated carbocycles. The molecule has 0 fully saturated rings. The smallest absolute Gasteiger partial charge is 0.223 e. The van der Waals surface area contributed by atoms with Gasteiger partial charge in [-0.25, -0.2) is 0 Å². The Morgan fingerprint density at radius 2 is 1.69 bits per heavy atom. The average Bonchev–Trinajstić information content (AvgIpc) is 2.27. The SMILES string of the molecule is CCCC(CCC)C(=O)NC(C)C(C)CBr. The number of carbonyl (C=O) groups is 1. The fraction of sp³-hybridized carbons (Fsp3) is 0.923. The maximum Gasteiger partial charge on any atom is 0.223 e. The molecule has 1 N–H and O–H groups in total. The largest absolute Gasteiger partial charge is 0.353 e. The third kappa shape index (κ3) is 5.88. The van der Waals surface area contributed by atoms with Crippen molar-refractivity contribution < 1.29 is 4.79 Å². The lowest BCUT2D eigenvalue weighted by atomic mass is 9.96. The molecular weight excluding hydrogens is 266 g/mol. The van der Waals surface area contributed by atoms with Gasteiger partial charge < -0.3 is 5.32 Å². The standard InChI is InChI=1S/C13H26BrNO/c1-5-7-12(8-6-2)13(16)15-11(4)10(3)9-14/h10-12H,5-9H2,1-4H3,(H,15,16). The molecule has 0 aromatic carbocycles. The van der Waals surface area contributed by atoms with Gasteiger partial charge in [0.15, 0.2) is 0 Å². The number of halogens is 1. The van der Waals surface area contributed by atoms with E-state index in [1.807, 2.05) is 0 Å². The van der Waals surface area contributed by atoms with Crippen molar-refractivity contribution in [2.45, 2.75) is 59.4 Å². The Morgan fingerprint density at radius 3 is 2.06 bits per heavy atom. The summed E-state index contributed by atoms with van der Waals surface area (Å²) in [5, 5.41) is 4.06. The van der Waals surface area contributed by atoms with Crippen molar-refractivity contribution in [3.8, 4) is 0 Å². The Hall–Kier alpha value is -0.0500. The molecule has 0 heterocycles. The van der Waals surface area contributed by atoms with Crippen LogP contribution in [0, 0.1) is 11.8 Å². The molecule has 0 bridgehead atoms. The number of carbonyl (C=O) groups excluding carboxylic acids is 1. The summed E-state index contributed by atoms with van der Waals surface area (Å²) >= 11 is 3.45. The third-order valence-corrected chi connectivity index (χ3v) is 4.13. The molecule has 0 aromatic heterocycles. The molecule has 0 radical (unpaired) electrons. The van der Waals surface area contributed by atoms with Crippen LogP contribution in [0.2, 0.25) is 0 Å². The lowest BCUT2D eigenvalue weighted by Crippen LogP contribution is -2.41. The highest BCUT2D eigenvalue weighted by Gasteiger charge is 2.20. The second-order valence-electron chi connectivity index (χ2n) is 4.70. The van der Waals surface area contributed by atoms with Crippen molar-refractivity contribution in [1.82, 2.24) is 5.32 Å². The minimum absolute atomic E-state index is 0.208. The average molecular weight is 292 g/mol. The zero-order chi connectivity index (χ0) is 12.6. The van der Waals surface area contributed by atoms with E-state index in [2.05, 4.69) is 48.9 Å². The van der Waals surface area contributed by atoms with Crippen LogP contribution in [0.4, 0.5) is 0 Å². The highest BCUT2D eigenvalue weighted by atomic mass is 79.9. The predicted molar refractivity (Wildman–Crippen MR) is 73.9 cm³/mol. The van der Waals surface area contributed by atoms with Gasteiger partial charge in [-0.1, -0.05) is 49.5 Å². The molecule has 96 valence electrons. The molecule has 2 nitrogen and oxygen atoms in total. The van der Waals surface area contributed by atoms with E-state index in [1.54, 1.807) is 0 Å². The van der Waals surface area contributed by atoms with E-state index in [9.17, 15) is 4.79 Å². The van der Waals surface area contributed by atoms with Crippen molar-refractivity contribution in [2.75, 3.05) is 5.33 Å². The first-order valence-corrected chi connectivity index (χ1v) is 7.55. The van der Waals surface area contributed by atoms with Crippen LogP contribution in [0.1, 0.15) is 53.4 Å². The van der Waals surface area contributed by atoms with Gasteiger partial charge in [0, 0.05) is 17.3 Å². The number of alkyl halides is 1. The van der Waals surface area contributed by atoms with E-state index >= 15 is 0 Å². The first-order chi connectivity index (χ1) is 7.56. The van der Waals surface area contributed by atoms with Crippen LogP contribution in [-0.2, 0) is 4.79 Å². The summed E-state index contributed by atoms with van der Waals surface area (Å²) in [6, 6.07) is 0.253. The number of hydrogen-bond donors (Lipinski definition) is 1. The Balaban J connectivity index is 4.17. The number of amides is 1. The van der Waals surface area contributed by atoms with Gasteiger partial charge in [-0.3, -0.25) is 4.79 Å². The van der Waals surface area contributed by atoms with Crippen LogP contribution >= 0.6 is 15.9 Å². The maximum absolute atomic E-state index is 12.0. The molecule has 3 heteroatoms. The Labute approximate surface area is 109 Å². The maximum atomic E-state index is 12.0. The lowest BCUT2D eigenvalue weighted by Gasteiger charge is -2.23. The number of nitrogens with one attached hydrogen (secondary N) is 1. The van der Waals surface area contributed by atoms with E-state index in [-0.39, 0.29) is 17.9 Å². The van der Waals surface area contributed by atoms with Gasteiger partial charge in [0.25, 0.3) is 0 Å². The molecule has 1 amide bonds. The van der Waals surface area contributed by atoms with E-state index < -0.39 is 0 Å². The highest BCUT2D eigenvalue weighted by Crippen LogP contribution is 2.15. The predicted octanol–water partition coefficient (Wildman–Crippen LogP) is 3.74. The summed E-state index contributed by atoms with van der Waals surface area (Å²) in [5.74, 6) is 0.928. The van der Waals surface area contributed by atoms with Crippen LogP contribution in [0.25, 0.3) is 0 Å². The molecule has 0 aliphatic carbocycles. The summed E-state index contributed by atoms with van der Waals surface area (Å²) in [5.41, 5.74) is 0. The second-order valence-corrected chi connectivity index (χ2v) is 5.35. The van der Waals surface area contributed by atoms with Crippen LogP contribution in [0.3, 0.4) is 0 Å².